The van der Waals surface area contributed by atoms with E-state index in [9.17, 15) is 0 Å². The van der Waals surface area contributed by atoms with Crippen molar-refractivity contribution < 1.29 is 0 Å². The summed E-state index contributed by atoms with van der Waals surface area (Å²) in [4.78, 5) is 20.3. The zero-order valence-electron chi connectivity index (χ0n) is 15.1. The van der Waals surface area contributed by atoms with E-state index in [-0.39, 0.29) is 12.1 Å². The van der Waals surface area contributed by atoms with Crippen LogP contribution in [-0.4, -0.2) is 53.7 Å². The average Bonchev–Trinajstić information content (AvgIpc) is 3.37. The van der Waals surface area contributed by atoms with E-state index in [0.29, 0.717) is 5.82 Å². The topological polar surface area (TPSA) is 99.9 Å². The van der Waals surface area contributed by atoms with Crippen LogP contribution in [0.15, 0.2) is 47.9 Å². The van der Waals surface area contributed by atoms with Crippen molar-refractivity contribution >= 4 is 27.4 Å². The van der Waals surface area contributed by atoms with Gasteiger partial charge in [-0.15, -0.1) is 0 Å². The molecular formula is C18H18BrN9. The molecule has 1 aliphatic heterocycles. The number of nitrogens with one attached hydrogen (secondary N) is 2. The van der Waals surface area contributed by atoms with Gasteiger partial charge in [0.15, 0.2) is 11.5 Å². The summed E-state index contributed by atoms with van der Waals surface area (Å²) in [6, 6.07) is 2.35. The summed E-state index contributed by atoms with van der Waals surface area (Å²) in [5.41, 5.74) is 2.70. The van der Waals surface area contributed by atoms with Crippen LogP contribution in [-0.2, 0) is 0 Å². The van der Waals surface area contributed by atoms with Gasteiger partial charge >= 0.3 is 0 Å². The number of rotatable bonds is 3. The molecule has 0 spiro atoms. The Morgan fingerprint density at radius 1 is 1.18 bits per heavy atom. The van der Waals surface area contributed by atoms with E-state index in [2.05, 4.69) is 58.2 Å². The van der Waals surface area contributed by atoms with Crippen molar-refractivity contribution in [2.45, 2.75) is 19.0 Å². The molecule has 0 radical (unpaired) electrons. The molecule has 0 aliphatic carbocycles. The van der Waals surface area contributed by atoms with Crippen LogP contribution < -0.4 is 10.2 Å². The van der Waals surface area contributed by atoms with Crippen molar-refractivity contribution in [1.82, 2.24) is 39.9 Å². The lowest BCUT2D eigenvalue weighted by molar-refractivity contribution is 0.391. The maximum Gasteiger partial charge on any atom is 0.180 e. The maximum atomic E-state index is 4.87. The van der Waals surface area contributed by atoms with Crippen LogP contribution in [0.5, 0.6) is 0 Å². The lowest BCUT2D eigenvalue weighted by Crippen LogP contribution is -2.51. The van der Waals surface area contributed by atoms with Crippen molar-refractivity contribution in [1.29, 1.82) is 0 Å². The summed E-state index contributed by atoms with van der Waals surface area (Å²) in [5, 5.41) is 10.6. The first-order valence-corrected chi connectivity index (χ1v) is 9.81. The van der Waals surface area contributed by atoms with Gasteiger partial charge in [-0.1, -0.05) is 0 Å². The highest BCUT2D eigenvalue weighted by molar-refractivity contribution is 9.10. The fourth-order valence-electron chi connectivity index (χ4n) is 3.75. The number of aromatic nitrogens is 7. The summed E-state index contributed by atoms with van der Waals surface area (Å²) >= 11 is 3.41. The fourth-order valence-corrected chi connectivity index (χ4v) is 4.05. The maximum absolute atomic E-state index is 4.87. The van der Waals surface area contributed by atoms with Crippen molar-refractivity contribution in [2.75, 3.05) is 18.0 Å². The average molecular weight is 440 g/mol. The molecule has 10 heteroatoms. The molecule has 4 aromatic heterocycles. The molecule has 1 aliphatic rings. The zero-order chi connectivity index (χ0) is 19.1. The van der Waals surface area contributed by atoms with Gasteiger partial charge in [-0.05, 0) is 28.9 Å². The SMILES string of the molecule is C[C@H]1NCCN(c2ccnc(-c3cnc4cnc(Br)cn34)n2)[C@H]1c1cn[nH]c1. The first kappa shape index (κ1) is 17.3. The third kappa shape index (κ3) is 2.94. The molecule has 0 saturated carbocycles. The second kappa shape index (κ2) is 6.95. The van der Waals surface area contributed by atoms with Gasteiger partial charge in [-0.3, -0.25) is 9.50 Å². The van der Waals surface area contributed by atoms with Crippen LogP contribution in [0.25, 0.3) is 17.2 Å². The van der Waals surface area contributed by atoms with E-state index >= 15 is 0 Å². The molecule has 0 aromatic carbocycles. The minimum atomic E-state index is 0.135. The van der Waals surface area contributed by atoms with Crippen LogP contribution >= 0.6 is 15.9 Å². The number of aromatic amines is 1. The Balaban J connectivity index is 1.57. The van der Waals surface area contributed by atoms with Gasteiger partial charge in [0.2, 0.25) is 0 Å². The van der Waals surface area contributed by atoms with Gasteiger partial charge in [0, 0.05) is 43.3 Å². The van der Waals surface area contributed by atoms with Crippen LogP contribution in [0, 0.1) is 0 Å². The molecule has 0 bridgehead atoms. The largest absolute Gasteiger partial charge is 0.346 e. The third-order valence-electron chi connectivity index (χ3n) is 5.02. The predicted molar refractivity (Wildman–Crippen MR) is 108 cm³/mol. The summed E-state index contributed by atoms with van der Waals surface area (Å²) in [5.74, 6) is 1.51. The van der Waals surface area contributed by atoms with Crippen LogP contribution in [0.4, 0.5) is 5.82 Å². The monoisotopic (exact) mass is 439 g/mol. The Morgan fingerprint density at radius 3 is 2.96 bits per heavy atom. The lowest BCUT2D eigenvalue weighted by atomic mass is 9.99. The fraction of sp³-hybridized carbons (Fsp3) is 0.278. The number of nitrogens with zero attached hydrogens (tertiary/aromatic N) is 7. The van der Waals surface area contributed by atoms with E-state index < -0.39 is 0 Å². The van der Waals surface area contributed by atoms with Gasteiger partial charge in [0.25, 0.3) is 0 Å². The Hall–Kier alpha value is -2.85. The highest BCUT2D eigenvalue weighted by Crippen LogP contribution is 2.31. The summed E-state index contributed by atoms with van der Waals surface area (Å²) in [6.07, 6.45) is 11.0. The van der Waals surface area contributed by atoms with Gasteiger partial charge in [0.05, 0.1) is 24.6 Å². The highest BCUT2D eigenvalue weighted by Gasteiger charge is 2.31. The highest BCUT2D eigenvalue weighted by atomic mass is 79.9. The number of piperazine rings is 1. The number of hydrogen-bond acceptors (Lipinski definition) is 7. The van der Waals surface area contributed by atoms with Crippen molar-refractivity contribution in [2.24, 2.45) is 0 Å². The minimum Gasteiger partial charge on any atom is -0.346 e. The summed E-state index contributed by atoms with van der Waals surface area (Å²) in [7, 11) is 0. The van der Waals surface area contributed by atoms with Crippen molar-refractivity contribution in [3.05, 3.63) is 53.4 Å². The second-order valence-electron chi connectivity index (χ2n) is 6.73. The normalized spacial score (nSPS) is 20.0. The number of hydrogen-bond donors (Lipinski definition) is 2. The molecular weight excluding hydrogens is 422 g/mol. The number of imidazole rings is 1. The van der Waals surface area contributed by atoms with Crippen molar-refractivity contribution in [3.63, 3.8) is 0 Å². The van der Waals surface area contributed by atoms with Crippen molar-refractivity contribution in [3.8, 4) is 11.5 Å². The summed E-state index contributed by atoms with van der Waals surface area (Å²) in [6.45, 7) is 3.92. The van der Waals surface area contributed by atoms with E-state index in [1.807, 2.05) is 29.1 Å². The van der Waals surface area contributed by atoms with Gasteiger partial charge in [-0.25, -0.2) is 19.9 Å². The molecule has 1 fully saturated rings. The van der Waals surface area contributed by atoms with Gasteiger partial charge in [0.1, 0.15) is 16.1 Å². The third-order valence-corrected chi connectivity index (χ3v) is 5.43. The Kier molecular flexibility index (Phi) is 4.29. The van der Waals surface area contributed by atoms with Gasteiger partial charge in [-0.2, -0.15) is 5.10 Å². The van der Waals surface area contributed by atoms with Crippen LogP contribution in [0.3, 0.4) is 0 Å². The molecule has 2 N–H and O–H groups in total. The molecule has 1 saturated heterocycles. The molecule has 2 atom stereocenters. The minimum absolute atomic E-state index is 0.135. The summed E-state index contributed by atoms with van der Waals surface area (Å²) < 4.78 is 2.66. The van der Waals surface area contributed by atoms with E-state index in [0.717, 1.165) is 40.4 Å². The van der Waals surface area contributed by atoms with Gasteiger partial charge < -0.3 is 10.2 Å². The smallest absolute Gasteiger partial charge is 0.180 e. The standard InChI is InChI=1S/C18H18BrN9/c1-11-17(12-6-24-25-7-12)27(5-4-20-11)15-2-3-21-18(26-15)13-8-23-16-9-22-14(19)10-28(13)16/h2-3,6-11,17,20H,4-5H2,1H3,(H,24,25)/t11-,17-/m1/s1. The molecule has 142 valence electrons. The van der Waals surface area contributed by atoms with Crippen LogP contribution in [0.1, 0.15) is 18.5 Å². The Labute approximate surface area is 169 Å². The second-order valence-corrected chi connectivity index (χ2v) is 7.55. The molecule has 28 heavy (non-hydrogen) atoms. The Morgan fingerprint density at radius 2 is 2.11 bits per heavy atom. The molecule has 9 nitrogen and oxygen atoms in total. The quantitative estimate of drug-likeness (QED) is 0.504. The number of halogens is 1. The van der Waals surface area contributed by atoms with E-state index in [4.69, 9.17) is 4.98 Å². The Bertz CT molecular complexity index is 1110. The van der Waals surface area contributed by atoms with E-state index in [1.54, 1.807) is 18.6 Å². The lowest BCUT2D eigenvalue weighted by Gasteiger charge is -2.41. The first-order chi connectivity index (χ1) is 13.7. The van der Waals surface area contributed by atoms with Crippen LogP contribution in [0.2, 0.25) is 0 Å². The zero-order valence-corrected chi connectivity index (χ0v) is 16.7. The molecule has 5 rings (SSSR count). The molecule has 0 amide bonds. The first-order valence-electron chi connectivity index (χ1n) is 9.01. The number of anilines is 1. The predicted octanol–water partition coefficient (Wildman–Crippen LogP) is 2.21. The molecule has 0 unspecified atom stereocenters. The van der Waals surface area contributed by atoms with E-state index in [1.165, 1.54) is 0 Å². The molecule has 4 aromatic rings. The number of H-pyrrole nitrogens is 1. The number of fused-ring (bicyclic) bond motifs is 1. The molecule has 5 heterocycles.